The van der Waals surface area contributed by atoms with Crippen LogP contribution in [0.1, 0.15) is 42.2 Å². The molecule has 1 aliphatic heterocycles. The Morgan fingerprint density at radius 1 is 1.00 bits per heavy atom. The fraction of sp³-hybridized carbons (Fsp3) is 0.444. The molecule has 1 saturated heterocycles. The van der Waals surface area contributed by atoms with Crippen molar-refractivity contribution in [3.63, 3.8) is 0 Å². The molecular weight excluding hydrogens is 332 g/mol. The Labute approximate surface area is 151 Å². The number of hydrogen-bond donors (Lipinski definition) is 3. The standard InChI is InChI=1S/C18H22N6O2/c25-17(12-1-2-12)20-13-3-5-14(6-4-13)21-18(26)16-11-24(23-22-16)15-7-9-19-10-8-15/h3-6,11-12,15,19H,1-2,7-10H2,(H,20,25)(H,21,26). The van der Waals surface area contributed by atoms with Gasteiger partial charge in [-0.05, 0) is 63.0 Å². The van der Waals surface area contributed by atoms with Gasteiger partial charge in [-0.2, -0.15) is 0 Å². The van der Waals surface area contributed by atoms with Gasteiger partial charge in [-0.1, -0.05) is 5.21 Å². The minimum absolute atomic E-state index is 0.0660. The van der Waals surface area contributed by atoms with Gasteiger partial charge in [-0.25, -0.2) is 4.68 Å². The lowest BCUT2D eigenvalue weighted by molar-refractivity contribution is -0.117. The highest BCUT2D eigenvalue weighted by atomic mass is 16.2. The van der Waals surface area contributed by atoms with Gasteiger partial charge >= 0.3 is 0 Å². The van der Waals surface area contributed by atoms with Crippen molar-refractivity contribution < 1.29 is 9.59 Å². The number of carbonyl (C=O) groups is 2. The zero-order chi connectivity index (χ0) is 17.9. The Balaban J connectivity index is 1.35. The van der Waals surface area contributed by atoms with E-state index < -0.39 is 0 Å². The second-order valence-electron chi connectivity index (χ2n) is 6.86. The number of nitrogens with one attached hydrogen (secondary N) is 3. The largest absolute Gasteiger partial charge is 0.326 e. The molecule has 2 aliphatic rings. The molecular formula is C18H22N6O2. The van der Waals surface area contributed by atoms with Gasteiger partial charge in [0, 0.05) is 17.3 Å². The molecule has 0 unspecified atom stereocenters. The van der Waals surface area contributed by atoms with Crippen LogP contribution >= 0.6 is 0 Å². The number of nitrogens with zero attached hydrogens (tertiary/aromatic N) is 3. The van der Waals surface area contributed by atoms with Gasteiger partial charge in [0.2, 0.25) is 5.91 Å². The van der Waals surface area contributed by atoms with E-state index in [1.54, 1.807) is 35.1 Å². The van der Waals surface area contributed by atoms with Crippen LogP contribution in [-0.4, -0.2) is 39.9 Å². The molecule has 2 heterocycles. The third kappa shape index (κ3) is 3.91. The summed E-state index contributed by atoms with van der Waals surface area (Å²) in [5, 5.41) is 17.1. The Morgan fingerprint density at radius 3 is 2.31 bits per heavy atom. The number of anilines is 2. The smallest absolute Gasteiger partial charge is 0.277 e. The maximum Gasteiger partial charge on any atom is 0.277 e. The van der Waals surface area contributed by atoms with Crippen molar-refractivity contribution >= 4 is 23.2 Å². The van der Waals surface area contributed by atoms with E-state index in [9.17, 15) is 9.59 Å². The van der Waals surface area contributed by atoms with Crippen LogP contribution in [0, 0.1) is 5.92 Å². The number of aromatic nitrogens is 3. The highest BCUT2D eigenvalue weighted by Gasteiger charge is 2.29. The topological polar surface area (TPSA) is 101 Å². The fourth-order valence-corrected chi connectivity index (χ4v) is 3.05. The van der Waals surface area contributed by atoms with E-state index in [-0.39, 0.29) is 17.7 Å². The first kappa shape index (κ1) is 16.7. The average Bonchev–Trinajstić information content (AvgIpc) is 3.41. The molecule has 2 amide bonds. The van der Waals surface area contributed by atoms with Crippen LogP contribution in [0.5, 0.6) is 0 Å². The third-order valence-electron chi connectivity index (χ3n) is 4.78. The summed E-state index contributed by atoms with van der Waals surface area (Å²) >= 11 is 0. The summed E-state index contributed by atoms with van der Waals surface area (Å²) < 4.78 is 1.78. The maximum atomic E-state index is 12.4. The Kier molecular flexibility index (Phi) is 4.66. The van der Waals surface area contributed by atoms with Crippen LogP contribution in [0.3, 0.4) is 0 Å². The summed E-state index contributed by atoms with van der Waals surface area (Å²) in [6, 6.07) is 7.37. The minimum Gasteiger partial charge on any atom is -0.326 e. The molecule has 3 N–H and O–H groups in total. The molecule has 8 heteroatoms. The lowest BCUT2D eigenvalue weighted by atomic mass is 10.1. The SMILES string of the molecule is O=C(Nc1ccc(NC(=O)C2CC2)cc1)c1cn(C2CCNCC2)nn1. The third-order valence-corrected chi connectivity index (χ3v) is 4.78. The molecule has 8 nitrogen and oxygen atoms in total. The highest BCUT2D eigenvalue weighted by Crippen LogP contribution is 2.30. The molecule has 0 radical (unpaired) electrons. The van der Waals surface area contributed by atoms with Crippen molar-refractivity contribution in [2.75, 3.05) is 23.7 Å². The molecule has 1 aromatic heterocycles. The molecule has 26 heavy (non-hydrogen) atoms. The fourth-order valence-electron chi connectivity index (χ4n) is 3.05. The predicted octanol–water partition coefficient (Wildman–Crippen LogP) is 1.80. The first-order valence-electron chi connectivity index (χ1n) is 9.04. The number of hydrogen-bond acceptors (Lipinski definition) is 5. The predicted molar refractivity (Wildman–Crippen MR) is 96.9 cm³/mol. The number of carbonyl (C=O) groups excluding carboxylic acids is 2. The molecule has 0 atom stereocenters. The maximum absolute atomic E-state index is 12.4. The van der Waals surface area contributed by atoms with Crippen LogP contribution in [0.15, 0.2) is 30.5 Å². The number of piperidine rings is 1. The van der Waals surface area contributed by atoms with Crippen LogP contribution < -0.4 is 16.0 Å². The molecule has 0 spiro atoms. The zero-order valence-corrected chi connectivity index (χ0v) is 14.4. The van der Waals surface area contributed by atoms with Crippen molar-refractivity contribution in [2.45, 2.75) is 31.7 Å². The van der Waals surface area contributed by atoms with E-state index in [4.69, 9.17) is 0 Å². The van der Waals surface area contributed by atoms with Gasteiger partial charge in [0.1, 0.15) is 0 Å². The second-order valence-corrected chi connectivity index (χ2v) is 6.86. The second kappa shape index (κ2) is 7.25. The van der Waals surface area contributed by atoms with Crippen LogP contribution in [-0.2, 0) is 4.79 Å². The summed E-state index contributed by atoms with van der Waals surface area (Å²) in [5.74, 6) is -0.0619. The van der Waals surface area contributed by atoms with Crippen molar-refractivity contribution in [3.05, 3.63) is 36.2 Å². The van der Waals surface area contributed by atoms with E-state index in [0.717, 1.165) is 44.5 Å². The van der Waals surface area contributed by atoms with Gasteiger partial charge in [-0.3, -0.25) is 9.59 Å². The number of amides is 2. The monoisotopic (exact) mass is 354 g/mol. The van der Waals surface area contributed by atoms with Gasteiger partial charge < -0.3 is 16.0 Å². The summed E-state index contributed by atoms with van der Waals surface area (Å²) in [5.41, 5.74) is 1.68. The summed E-state index contributed by atoms with van der Waals surface area (Å²) in [7, 11) is 0. The van der Waals surface area contributed by atoms with Crippen LogP contribution in [0.4, 0.5) is 11.4 Å². The molecule has 4 rings (SSSR count). The molecule has 2 fully saturated rings. The van der Waals surface area contributed by atoms with Crippen molar-refractivity contribution in [1.82, 2.24) is 20.3 Å². The van der Waals surface area contributed by atoms with E-state index in [1.807, 2.05) is 0 Å². The van der Waals surface area contributed by atoms with Gasteiger partial charge in [-0.15, -0.1) is 5.10 Å². The lowest BCUT2D eigenvalue weighted by Crippen LogP contribution is -2.29. The van der Waals surface area contributed by atoms with Gasteiger partial charge in [0.05, 0.1) is 12.2 Å². The molecule has 2 aromatic rings. The summed E-state index contributed by atoms with van der Waals surface area (Å²) in [4.78, 5) is 24.1. The quantitative estimate of drug-likeness (QED) is 0.760. The van der Waals surface area contributed by atoms with Crippen molar-refractivity contribution in [2.24, 2.45) is 5.92 Å². The van der Waals surface area contributed by atoms with E-state index >= 15 is 0 Å². The minimum atomic E-state index is -0.292. The van der Waals surface area contributed by atoms with Crippen molar-refractivity contribution in [1.29, 1.82) is 0 Å². The average molecular weight is 354 g/mol. The molecule has 1 aromatic carbocycles. The molecule has 0 bridgehead atoms. The van der Waals surface area contributed by atoms with E-state index in [2.05, 4.69) is 26.3 Å². The van der Waals surface area contributed by atoms with Gasteiger partial charge in [0.25, 0.3) is 5.91 Å². The van der Waals surface area contributed by atoms with E-state index in [0.29, 0.717) is 17.4 Å². The number of rotatable bonds is 5. The summed E-state index contributed by atoms with van der Waals surface area (Å²) in [6.07, 6.45) is 5.61. The Bertz CT molecular complexity index is 790. The van der Waals surface area contributed by atoms with Crippen molar-refractivity contribution in [3.8, 4) is 0 Å². The highest BCUT2D eigenvalue weighted by molar-refractivity contribution is 6.02. The van der Waals surface area contributed by atoms with Crippen LogP contribution in [0.2, 0.25) is 0 Å². The van der Waals surface area contributed by atoms with Crippen LogP contribution in [0.25, 0.3) is 0 Å². The molecule has 1 saturated carbocycles. The normalized spacial score (nSPS) is 17.7. The first-order valence-corrected chi connectivity index (χ1v) is 9.04. The molecule has 136 valence electrons. The lowest BCUT2D eigenvalue weighted by Gasteiger charge is -2.22. The molecule has 1 aliphatic carbocycles. The van der Waals surface area contributed by atoms with Gasteiger partial charge in [0.15, 0.2) is 5.69 Å². The zero-order valence-electron chi connectivity index (χ0n) is 14.4. The number of benzene rings is 1. The summed E-state index contributed by atoms with van der Waals surface area (Å²) in [6.45, 7) is 1.91. The Morgan fingerprint density at radius 2 is 1.65 bits per heavy atom. The Hall–Kier alpha value is -2.74. The van der Waals surface area contributed by atoms with E-state index in [1.165, 1.54) is 0 Å². The first-order chi connectivity index (χ1) is 12.7.